The van der Waals surface area contributed by atoms with Gasteiger partial charge in [0.05, 0.1) is 0 Å². The topological polar surface area (TPSA) is 20.2 Å². The van der Waals surface area contributed by atoms with E-state index in [1.807, 2.05) is 0 Å². The molecule has 1 N–H and O–H groups in total. The average Bonchev–Trinajstić information content (AvgIpc) is 2.21. The molecule has 102 valence electrons. The average molecular weight is 264 g/mol. The quantitative estimate of drug-likeness (QED) is 0.703. The third-order valence-electron chi connectivity index (χ3n) is 2.87. The summed E-state index contributed by atoms with van der Waals surface area (Å²) in [5.74, 6) is 2.60. The predicted octanol–water partition coefficient (Wildman–Crippen LogP) is 3.96. The van der Waals surface area contributed by atoms with Crippen molar-refractivity contribution in [3.63, 3.8) is 0 Å². The summed E-state index contributed by atoms with van der Waals surface area (Å²) in [6, 6.07) is 4.18. The van der Waals surface area contributed by atoms with Gasteiger partial charge in [-0.05, 0) is 28.9 Å². The Labute approximate surface area is 121 Å². The molecule has 0 spiro atoms. The highest BCUT2D eigenvalue weighted by atomic mass is 27.0. The van der Waals surface area contributed by atoms with Gasteiger partial charge in [0, 0.05) is 0 Å². The summed E-state index contributed by atoms with van der Waals surface area (Å²) in [6.07, 6.45) is 0. The van der Waals surface area contributed by atoms with Crippen molar-refractivity contribution in [3.05, 3.63) is 28.8 Å². The molecule has 1 aromatic carbocycles. The summed E-state index contributed by atoms with van der Waals surface area (Å²) in [6.45, 7) is 14.9. The van der Waals surface area contributed by atoms with Crippen LogP contribution in [0.3, 0.4) is 0 Å². The lowest BCUT2D eigenvalue weighted by Gasteiger charge is -2.27. The normalized spacial score (nSPS) is 11.8. The van der Waals surface area contributed by atoms with Crippen LogP contribution in [0.2, 0.25) is 5.79 Å². The maximum Gasteiger partial charge on any atom is 0.207 e. The second-order valence-electron chi connectivity index (χ2n) is 6.71. The van der Waals surface area contributed by atoms with Crippen LogP contribution in [0, 0.1) is 6.92 Å². The molecule has 0 bridgehead atoms. The summed E-state index contributed by atoms with van der Waals surface area (Å²) in [5, 5.41) is 10.4. The largest absolute Gasteiger partial charge is 0.507 e. The van der Waals surface area contributed by atoms with Crippen molar-refractivity contribution in [1.29, 1.82) is 0 Å². The number of benzene rings is 1. The van der Waals surface area contributed by atoms with E-state index in [9.17, 15) is 5.11 Å². The highest BCUT2D eigenvalue weighted by Gasteiger charge is 2.25. The number of rotatable bonds is 0. The maximum atomic E-state index is 10.4. The minimum Gasteiger partial charge on any atom is -0.507 e. The molecule has 0 saturated carbocycles. The van der Waals surface area contributed by atoms with Gasteiger partial charge in [-0.25, -0.2) is 0 Å². The lowest BCUT2D eigenvalue weighted by atomic mass is 9.78. The van der Waals surface area contributed by atoms with Gasteiger partial charge in [-0.3, -0.25) is 0 Å². The summed E-state index contributed by atoms with van der Waals surface area (Å²) < 4.78 is 0. The number of phenolic OH excluding ortho intramolecular Hbond substituents is 1. The first-order chi connectivity index (χ1) is 8.03. The van der Waals surface area contributed by atoms with E-state index in [0.717, 1.165) is 11.1 Å². The van der Waals surface area contributed by atoms with E-state index in [1.54, 1.807) is 0 Å². The van der Waals surface area contributed by atoms with Crippen molar-refractivity contribution in [2.45, 2.75) is 65.1 Å². The molecule has 0 aliphatic rings. The summed E-state index contributed by atoms with van der Waals surface area (Å²) in [7, 11) is 0. The van der Waals surface area contributed by atoms with Crippen LogP contribution in [0.15, 0.2) is 12.1 Å². The minimum atomic E-state index is -0.0178. The first kappa shape index (κ1) is 17.6. The third kappa shape index (κ3) is 4.34. The van der Waals surface area contributed by atoms with E-state index in [4.69, 9.17) is 0 Å². The standard InChI is InChI=1S/C15H24O.CH3.Al.2H/c1-10-8-11(14(2,3)4)13(16)12(9-10)15(5,6)7;;;;/h8-9,16H,1-7H3;1H3;;;. The summed E-state index contributed by atoms with van der Waals surface area (Å²) in [5.41, 5.74) is 3.26. The van der Waals surface area contributed by atoms with Gasteiger partial charge < -0.3 is 5.11 Å². The highest BCUT2D eigenvalue weighted by molar-refractivity contribution is 6.05. The Kier molecular flexibility index (Phi) is 5.98. The molecule has 1 nitrogen and oxygen atoms in total. The zero-order valence-corrected chi connectivity index (χ0v) is 15.6. The fourth-order valence-electron chi connectivity index (χ4n) is 1.92. The van der Waals surface area contributed by atoms with Crippen LogP contribution in [0.1, 0.15) is 58.2 Å². The Balaban J connectivity index is 0.00000137. The lowest BCUT2D eigenvalue weighted by molar-refractivity contribution is 0.423. The number of aromatic hydroxyl groups is 1. The van der Waals surface area contributed by atoms with Gasteiger partial charge in [0.1, 0.15) is 5.75 Å². The van der Waals surface area contributed by atoms with Crippen LogP contribution < -0.4 is 0 Å². The molecule has 1 aromatic rings. The molecular weight excluding hydrogens is 235 g/mol. The van der Waals surface area contributed by atoms with E-state index < -0.39 is 0 Å². The molecule has 0 aromatic heterocycles. The van der Waals surface area contributed by atoms with Crippen molar-refractivity contribution in [2.24, 2.45) is 0 Å². The number of aryl methyl sites for hydroxylation is 1. The van der Waals surface area contributed by atoms with Crippen LogP contribution in [0.25, 0.3) is 0 Å². The fourth-order valence-corrected chi connectivity index (χ4v) is 1.92. The van der Waals surface area contributed by atoms with E-state index in [1.165, 1.54) is 21.9 Å². The van der Waals surface area contributed by atoms with Crippen LogP contribution in [0.4, 0.5) is 0 Å². The molecular formula is C16H29AlO. The van der Waals surface area contributed by atoms with E-state index in [0.29, 0.717) is 5.75 Å². The van der Waals surface area contributed by atoms with Crippen molar-refractivity contribution in [3.8, 4) is 5.75 Å². The Bertz CT molecular complexity index is 360. The Morgan fingerprint density at radius 3 is 1.33 bits per heavy atom. The second kappa shape index (κ2) is 6.13. The SMILES string of the molecule is Cc1cc(C(C)(C)C)c(O)c(C(C)(C)C)c1.[CH3][AlH2]. The van der Waals surface area contributed by atoms with Gasteiger partial charge in [-0.15, -0.1) is 5.79 Å². The van der Waals surface area contributed by atoms with Gasteiger partial charge in [0.25, 0.3) is 0 Å². The molecule has 18 heavy (non-hydrogen) atoms. The number of hydrogen-bond acceptors (Lipinski definition) is 1. The lowest BCUT2D eigenvalue weighted by Crippen LogP contribution is -2.17. The number of hydrogen-bond donors (Lipinski definition) is 1. The monoisotopic (exact) mass is 264 g/mol. The maximum absolute atomic E-state index is 10.4. The van der Waals surface area contributed by atoms with Crippen molar-refractivity contribution in [2.75, 3.05) is 0 Å². The Morgan fingerprint density at radius 1 is 0.833 bits per heavy atom. The smallest absolute Gasteiger partial charge is 0.207 e. The zero-order chi connectivity index (χ0) is 14.7. The van der Waals surface area contributed by atoms with Crippen molar-refractivity contribution < 1.29 is 5.11 Å². The highest BCUT2D eigenvalue weighted by Crippen LogP contribution is 2.39. The van der Waals surface area contributed by atoms with Gasteiger partial charge in [0.15, 0.2) is 0 Å². The number of phenols is 1. The van der Waals surface area contributed by atoms with Crippen molar-refractivity contribution >= 4 is 16.3 Å². The molecule has 1 rings (SSSR count). The fraction of sp³-hybridized carbons (Fsp3) is 0.625. The van der Waals surface area contributed by atoms with Gasteiger partial charge >= 0.3 is 0 Å². The van der Waals surface area contributed by atoms with Gasteiger partial charge in [-0.2, -0.15) is 0 Å². The molecule has 0 aliphatic carbocycles. The summed E-state index contributed by atoms with van der Waals surface area (Å²) in [4.78, 5) is 0. The molecule has 0 aliphatic heterocycles. The molecule has 0 amide bonds. The minimum absolute atomic E-state index is 0.0178. The molecule has 2 heteroatoms. The molecule has 0 unspecified atom stereocenters. The Morgan fingerprint density at radius 2 is 1.11 bits per heavy atom. The van der Waals surface area contributed by atoms with E-state index in [-0.39, 0.29) is 10.8 Å². The third-order valence-corrected chi connectivity index (χ3v) is 2.87. The van der Waals surface area contributed by atoms with E-state index >= 15 is 0 Å². The van der Waals surface area contributed by atoms with Crippen LogP contribution in [0.5, 0.6) is 5.75 Å². The van der Waals surface area contributed by atoms with Crippen LogP contribution in [-0.2, 0) is 10.8 Å². The molecule has 0 fully saturated rings. The Hall–Kier alpha value is -0.448. The summed E-state index contributed by atoms with van der Waals surface area (Å²) >= 11 is 1.31. The van der Waals surface area contributed by atoms with Gasteiger partial charge in [-0.1, -0.05) is 59.2 Å². The first-order valence-electron chi connectivity index (χ1n) is 6.88. The van der Waals surface area contributed by atoms with Gasteiger partial charge in [0.2, 0.25) is 16.3 Å². The van der Waals surface area contributed by atoms with Crippen molar-refractivity contribution in [1.82, 2.24) is 0 Å². The van der Waals surface area contributed by atoms with Crippen LogP contribution >= 0.6 is 0 Å². The molecule has 0 saturated heterocycles. The van der Waals surface area contributed by atoms with Crippen LogP contribution in [-0.4, -0.2) is 21.4 Å². The second-order valence-corrected chi connectivity index (χ2v) is 6.71. The first-order valence-corrected chi connectivity index (χ1v) is 8.88. The predicted molar refractivity (Wildman–Crippen MR) is 84.7 cm³/mol. The van der Waals surface area contributed by atoms with E-state index in [2.05, 4.69) is 66.4 Å². The molecule has 0 heterocycles. The zero-order valence-electron chi connectivity index (χ0n) is 13.6. The molecule has 0 atom stereocenters. The molecule has 0 radical (unpaired) electrons.